The zero-order chi connectivity index (χ0) is 19.4. The minimum atomic E-state index is -3.30. The molecular formula is C18H18N4O3S2. The van der Waals surface area contributed by atoms with Crippen LogP contribution in [-0.2, 0) is 14.8 Å². The second kappa shape index (κ2) is 7.77. The van der Waals surface area contributed by atoms with Gasteiger partial charge in [0.2, 0.25) is 15.9 Å². The topological polar surface area (TPSA) is 100 Å². The largest absolute Gasteiger partial charge is 0.331 e. The lowest BCUT2D eigenvalue weighted by molar-refractivity contribution is -0.114. The first-order valence-electron chi connectivity index (χ1n) is 7.97. The van der Waals surface area contributed by atoms with E-state index in [1.54, 1.807) is 12.1 Å². The number of nitrogens with one attached hydrogen (secondary N) is 3. The lowest BCUT2D eigenvalue weighted by atomic mass is 10.1. The van der Waals surface area contributed by atoms with Crippen LogP contribution in [0.5, 0.6) is 0 Å². The van der Waals surface area contributed by atoms with E-state index in [0.717, 1.165) is 23.2 Å². The van der Waals surface area contributed by atoms with E-state index in [0.29, 0.717) is 16.5 Å². The highest BCUT2D eigenvalue weighted by Gasteiger charge is 2.07. The van der Waals surface area contributed by atoms with Crippen LogP contribution >= 0.6 is 11.3 Å². The number of aromatic nitrogens is 1. The quantitative estimate of drug-likeness (QED) is 0.581. The van der Waals surface area contributed by atoms with Crippen molar-refractivity contribution in [3.63, 3.8) is 0 Å². The van der Waals surface area contributed by atoms with E-state index in [1.165, 1.54) is 18.3 Å². The molecule has 0 spiro atoms. The molecule has 0 aliphatic carbocycles. The summed E-state index contributed by atoms with van der Waals surface area (Å²) in [7, 11) is -3.30. The normalized spacial score (nSPS) is 11.0. The Morgan fingerprint density at radius 1 is 1.04 bits per heavy atom. The molecule has 1 heterocycles. The van der Waals surface area contributed by atoms with Crippen molar-refractivity contribution >= 4 is 49.5 Å². The second-order valence-corrected chi connectivity index (χ2v) is 8.48. The van der Waals surface area contributed by atoms with Gasteiger partial charge in [0.1, 0.15) is 0 Å². The Morgan fingerprint density at radius 2 is 1.74 bits per heavy atom. The fourth-order valence-electron chi connectivity index (χ4n) is 2.39. The summed E-state index contributed by atoms with van der Waals surface area (Å²) in [5.74, 6) is -0.127. The molecule has 0 unspecified atom stereocenters. The van der Waals surface area contributed by atoms with Crippen LogP contribution < -0.4 is 15.4 Å². The van der Waals surface area contributed by atoms with Crippen molar-refractivity contribution < 1.29 is 13.2 Å². The van der Waals surface area contributed by atoms with Gasteiger partial charge in [-0.1, -0.05) is 18.2 Å². The highest BCUT2D eigenvalue weighted by Crippen LogP contribution is 2.28. The fraction of sp³-hybridized carbons (Fsp3) is 0.111. The molecule has 0 atom stereocenters. The van der Waals surface area contributed by atoms with Gasteiger partial charge in [-0.3, -0.25) is 9.52 Å². The molecular weight excluding hydrogens is 384 g/mol. The zero-order valence-electron chi connectivity index (χ0n) is 14.7. The van der Waals surface area contributed by atoms with Crippen molar-refractivity contribution in [1.29, 1.82) is 0 Å². The monoisotopic (exact) mass is 402 g/mol. The van der Waals surface area contributed by atoms with Crippen LogP contribution in [0.2, 0.25) is 0 Å². The van der Waals surface area contributed by atoms with Crippen molar-refractivity contribution in [2.24, 2.45) is 0 Å². The molecule has 9 heteroatoms. The van der Waals surface area contributed by atoms with Crippen LogP contribution in [0.25, 0.3) is 11.3 Å². The predicted molar refractivity (Wildman–Crippen MR) is 110 cm³/mol. The molecule has 27 heavy (non-hydrogen) atoms. The lowest BCUT2D eigenvalue weighted by Crippen LogP contribution is -2.09. The number of hydrogen-bond donors (Lipinski definition) is 3. The Balaban J connectivity index is 1.72. The summed E-state index contributed by atoms with van der Waals surface area (Å²) in [6, 6.07) is 14.4. The zero-order valence-corrected chi connectivity index (χ0v) is 16.3. The van der Waals surface area contributed by atoms with Crippen molar-refractivity contribution in [2.75, 3.05) is 21.6 Å². The van der Waals surface area contributed by atoms with Crippen molar-refractivity contribution in [2.45, 2.75) is 6.92 Å². The molecule has 0 aliphatic heterocycles. The molecule has 2 aromatic carbocycles. The number of sulfonamides is 1. The first-order chi connectivity index (χ1) is 12.8. The molecule has 1 amide bonds. The van der Waals surface area contributed by atoms with E-state index < -0.39 is 10.0 Å². The molecule has 0 fully saturated rings. The number of nitrogens with zero attached hydrogens (tertiary/aromatic N) is 1. The van der Waals surface area contributed by atoms with E-state index in [2.05, 4.69) is 20.3 Å². The number of carbonyl (C=O) groups is 1. The summed E-state index contributed by atoms with van der Waals surface area (Å²) in [6.07, 6.45) is 1.11. The molecule has 3 N–H and O–H groups in total. The van der Waals surface area contributed by atoms with Gasteiger partial charge < -0.3 is 10.6 Å². The van der Waals surface area contributed by atoms with E-state index in [1.807, 2.05) is 41.8 Å². The van der Waals surface area contributed by atoms with Crippen LogP contribution in [0.4, 0.5) is 22.2 Å². The van der Waals surface area contributed by atoms with Crippen molar-refractivity contribution in [1.82, 2.24) is 4.98 Å². The van der Waals surface area contributed by atoms with Crippen molar-refractivity contribution in [3.05, 3.63) is 53.9 Å². The SMILES string of the molecule is CC(=O)Nc1cccc(Nc2nc(-c3ccc(NS(C)(=O)=O)cc3)cs2)c1. The molecule has 0 bridgehead atoms. The van der Waals surface area contributed by atoms with Crippen LogP contribution in [0.3, 0.4) is 0 Å². The number of rotatable bonds is 6. The summed E-state index contributed by atoms with van der Waals surface area (Å²) >= 11 is 1.45. The summed E-state index contributed by atoms with van der Waals surface area (Å²) in [5.41, 5.74) is 3.69. The lowest BCUT2D eigenvalue weighted by Gasteiger charge is -2.06. The number of hydrogen-bond acceptors (Lipinski definition) is 6. The minimum absolute atomic E-state index is 0.127. The van der Waals surface area contributed by atoms with Gasteiger partial charge in [-0.25, -0.2) is 13.4 Å². The first-order valence-corrected chi connectivity index (χ1v) is 10.7. The van der Waals surface area contributed by atoms with Crippen molar-refractivity contribution in [3.8, 4) is 11.3 Å². The molecule has 0 radical (unpaired) electrons. The van der Waals surface area contributed by atoms with Gasteiger partial charge in [0.25, 0.3) is 0 Å². The average Bonchev–Trinajstić information content (AvgIpc) is 3.02. The molecule has 1 aromatic heterocycles. The first kappa shape index (κ1) is 18.9. The Kier molecular flexibility index (Phi) is 5.43. The molecule has 0 saturated heterocycles. The summed E-state index contributed by atoms with van der Waals surface area (Å²) in [5, 5.41) is 8.58. The van der Waals surface area contributed by atoms with Gasteiger partial charge in [0, 0.05) is 34.9 Å². The third-order valence-corrected chi connectivity index (χ3v) is 4.79. The van der Waals surface area contributed by atoms with Crippen LogP contribution in [0.15, 0.2) is 53.9 Å². The third kappa shape index (κ3) is 5.53. The van der Waals surface area contributed by atoms with Gasteiger partial charge in [0.15, 0.2) is 5.13 Å². The van der Waals surface area contributed by atoms with E-state index in [-0.39, 0.29) is 5.91 Å². The van der Waals surface area contributed by atoms with E-state index in [9.17, 15) is 13.2 Å². The summed E-state index contributed by atoms with van der Waals surface area (Å²) in [4.78, 5) is 15.7. The molecule has 140 valence electrons. The molecule has 7 nitrogen and oxygen atoms in total. The Morgan fingerprint density at radius 3 is 2.41 bits per heavy atom. The maximum absolute atomic E-state index is 11.3. The van der Waals surface area contributed by atoms with Gasteiger partial charge in [-0.2, -0.15) is 0 Å². The number of thiazole rings is 1. The molecule has 3 rings (SSSR count). The Bertz CT molecular complexity index is 1060. The van der Waals surface area contributed by atoms with Gasteiger partial charge >= 0.3 is 0 Å². The van der Waals surface area contributed by atoms with Gasteiger partial charge in [-0.15, -0.1) is 11.3 Å². The molecule has 3 aromatic rings. The number of amides is 1. The van der Waals surface area contributed by atoms with E-state index >= 15 is 0 Å². The fourth-order valence-corrected chi connectivity index (χ4v) is 3.69. The van der Waals surface area contributed by atoms with Gasteiger partial charge in [-0.05, 0) is 30.3 Å². The molecule has 0 saturated carbocycles. The average molecular weight is 403 g/mol. The minimum Gasteiger partial charge on any atom is -0.331 e. The smallest absolute Gasteiger partial charge is 0.229 e. The Labute approximate surface area is 161 Å². The van der Waals surface area contributed by atoms with Crippen LogP contribution in [-0.4, -0.2) is 25.6 Å². The number of carbonyl (C=O) groups excluding carboxylic acids is 1. The predicted octanol–water partition coefficient (Wildman–Crippen LogP) is 3.88. The third-order valence-electron chi connectivity index (χ3n) is 3.42. The maximum atomic E-state index is 11.3. The van der Waals surface area contributed by atoms with Crippen LogP contribution in [0, 0.1) is 0 Å². The summed E-state index contributed by atoms with van der Waals surface area (Å²) in [6.45, 7) is 1.46. The number of benzene rings is 2. The maximum Gasteiger partial charge on any atom is 0.229 e. The highest BCUT2D eigenvalue weighted by molar-refractivity contribution is 7.92. The molecule has 0 aliphatic rings. The number of anilines is 4. The van der Waals surface area contributed by atoms with Crippen LogP contribution in [0.1, 0.15) is 6.92 Å². The van der Waals surface area contributed by atoms with Gasteiger partial charge in [0.05, 0.1) is 11.9 Å². The Hall–Kier alpha value is -2.91. The highest BCUT2D eigenvalue weighted by atomic mass is 32.2. The standard InChI is InChI=1S/C18H18N4O3S2/c1-12(23)19-15-4-3-5-16(10-15)20-18-21-17(11-26-18)13-6-8-14(9-7-13)22-27(2,24)25/h3-11,22H,1-2H3,(H,19,23)(H,20,21). The van der Waals surface area contributed by atoms with E-state index in [4.69, 9.17) is 0 Å². The summed E-state index contributed by atoms with van der Waals surface area (Å²) < 4.78 is 25.0. The second-order valence-electron chi connectivity index (χ2n) is 5.88.